The van der Waals surface area contributed by atoms with Crippen LogP contribution in [-0.2, 0) is 0 Å². The molecule has 0 aliphatic carbocycles. The normalized spacial score (nSPS) is 12.2. The average molecular weight is 957 g/mol. The van der Waals surface area contributed by atoms with Gasteiger partial charge in [0.1, 0.15) is 23.0 Å². The first kappa shape index (κ1) is 44.2. The Balaban J connectivity index is 0.000000154. The maximum Gasteiger partial charge on any atom is 0.332 e. The smallest absolute Gasteiger partial charge is 0.332 e. The van der Waals surface area contributed by atoms with Gasteiger partial charge >= 0.3 is 13.7 Å². The van der Waals surface area contributed by atoms with E-state index in [-0.39, 0.29) is 13.7 Å². The van der Waals surface area contributed by atoms with E-state index < -0.39 is 0 Å². The summed E-state index contributed by atoms with van der Waals surface area (Å²) >= 11 is 0. The molecular formula is C64H46B2N4O4. The Hall–Kier alpha value is -9.79. The van der Waals surface area contributed by atoms with Crippen LogP contribution in [0.25, 0.3) is 45.3 Å². The highest BCUT2D eigenvalue weighted by Crippen LogP contribution is 2.49. The second-order valence-electron chi connectivity index (χ2n) is 18.2. The van der Waals surface area contributed by atoms with Gasteiger partial charge in [-0.05, 0) is 120 Å². The molecule has 352 valence electrons. The summed E-state index contributed by atoms with van der Waals surface area (Å²) < 4.78 is 24.2. The van der Waals surface area contributed by atoms with Crippen LogP contribution in [0.3, 0.4) is 0 Å². The zero-order valence-electron chi connectivity index (χ0n) is 40.1. The van der Waals surface area contributed by atoms with E-state index in [0.29, 0.717) is 0 Å². The summed E-state index contributed by atoms with van der Waals surface area (Å²) in [5.41, 5.74) is 17.0. The van der Waals surface area contributed by atoms with Crippen molar-refractivity contribution in [1.82, 2.24) is 0 Å². The van der Waals surface area contributed by atoms with E-state index in [9.17, 15) is 0 Å². The Morgan fingerprint density at radius 1 is 0.311 bits per heavy atom. The third-order valence-electron chi connectivity index (χ3n) is 13.8. The average Bonchev–Trinajstić information content (AvgIpc) is 4.34. The second-order valence-corrected chi connectivity index (χ2v) is 18.2. The quantitative estimate of drug-likeness (QED) is 0.131. The van der Waals surface area contributed by atoms with E-state index in [0.717, 1.165) is 102 Å². The lowest BCUT2D eigenvalue weighted by molar-refractivity contribution is 0.581. The molecule has 0 fully saturated rings. The van der Waals surface area contributed by atoms with Crippen molar-refractivity contribution >= 4 is 81.0 Å². The molecule has 6 heterocycles. The minimum atomic E-state index is -0.0557. The lowest BCUT2D eigenvalue weighted by atomic mass is 9.46. The van der Waals surface area contributed by atoms with Gasteiger partial charge in [0.25, 0.3) is 0 Å². The molecule has 0 spiro atoms. The molecule has 0 radical (unpaired) electrons. The number of benzene rings is 8. The summed E-state index contributed by atoms with van der Waals surface area (Å²) in [5, 5.41) is 7.05. The molecule has 12 aromatic rings. The number of anilines is 8. The zero-order chi connectivity index (χ0) is 49.2. The number of furan rings is 4. The Morgan fingerprint density at radius 3 is 1.04 bits per heavy atom. The van der Waals surface area contributed by atoms with Crippen LogP contribution >= 0.6 is 0 Å². The largest absolute Gasteiger partial charge is 0.465 e. The fourth-order valence-electron chi connectivity index (χ4n) is 10.5. The Labute approximate surface area is 430 Å². The van der Waals surface area contributed by atoms with Gasteiger partial charge in [0, 0.05) is 56.4 Å². The third-order valence-corrected chi connectivity index (χ3v) is 13.8. The van der Waals surface area contributed by atoms with Gasteiger partial charge in [-0.15, -0.1) is 0 Å². The van der Waals surface area contributed by atoms with Gasteiger partial charge in [0.2, 0.25) is 0 Å². The predicted octanol–water partition coefficient (Wildman–Crippen LogP) is 14.4. The molecule has 8 nitrogen and oxygen atoms in total. The molecule has 10 heteroatoms. The van der Waals surface area contributed by atoms with E-state index >= 15 is 0 Å². The Bertz CT molecular complexity index is 3540. The molecule has 8 aromatic carbocycles. The molecule has 0 amide bonds. The fourth-order valence-corrected chi connectivity index (χ4v) is 10.5. The minimum absolute atomic E-state index is 0.0557. The third kappa shape index (κ3) is 8.24. The van der Waals surface area contributed by atoms with Crippen LogP contribution in [0.2, 0.25) is 0 Å². The Kier molecular flexibility index (Phi) is 11.6. The number of rotatable bonds is 10. The van der Waals surface area contributed by atoms with Gasteiger partial charge in [-0.2, -0.15) is 0 Å². The summed E-state index contributed by atoms with van der Waals surface area (Å²) in [6.07, 6.45) is 7.02. The van der Waals surface area contributed by atoms with Gasteiger partial charge in [-0.25, -0.2) is 0 Å². The molecule has 0 unspecified atom stereocenters. The first-order valence-corrected chi connectivity index (χ1v) is 24.8. The first-order valence-electron chi connectivity index (χ1n) is 24.8. The van der Waals surface area contributed by atoms with Crippen molar-refractivity contribution in [2.45, 2.75) is 0 Å². The van der Waals surface area contributed by atoms with Crippen LogP contribution in [0.4, 0.5) is 45.5 Å². The van der Waals surface area contributed by atoms with Crippen molar-refractivity contribution in [3.05, 3.63) is 268 Å². The standard InChI is InChI=1S/C38H26B2N2O2.C26H20N2O2/c1-5-13-27(14-6-1)39-33-21-23-43-37(33)31-26-36-32(25-35(31)41(39)29-17-9-3-10-18-29)38-34(22-24-44-38)40(28-15-7-2-8-16-28)42(36)30-19-11-4-12-20-30;1-3-9-19(10-4-1)27-23-17-22(26-14-8-16-30-26)24(28-20-11-5-2-6-12-20)18-21(23)25-13-7-15-29-25/h1-26H;1-18,27-28H. The number of fused-ring (bicyclic) bond motifs is 6. The molecule has 0 atom stereocenters. The van der Waals surface area contributed by atoms with Crippen LogP contribution in [-0.4, -0.2) is 13.7 Å². The van der Waals surface area contributed by atoms with Crippen molar-refractivity contribution in [3.8, 4) is 45.3 Å². The van der Waals surface area contributed by atoms with Crippen molar-refractivity contribution in [2.24, 2.45) is 0 Å². The van der Waals surface area contributed by atoms with Gasteiger partial charge in [-0.1, -0.05) is 144 Å². The lowest BCUT2D eigenvalue weighted by Gasteiger charge is -2.41. The van der Waals surface area contributed by atoms with Crippen molar-refractivity contribution in [3.63, 3.8) is 0 Å². The molecule has 0 bridgehead atoms. The highest BCUT2D eigenvalue weighted by Gasteiger charge is 2.44. The molecule has 0 saturated heterocycles. The number of nitrogens with one attached hydrogen (secondary N) is 2. The monoisotopic (exact) mass is 956 g/mol. The van der Waals surface area contributed by atoms with Gasteiger partial charge < -0.3 is 37.9 Å². The summed E-state index contributed by atoms with van der Waals surface area (Å²) in [5.74, 6) is 3.38. The number of nitrogens with zero attached hydrogens (tertiary/aromatic N) is 2. The maximum absolute atomic E-state index is 6.35. The van der Waals surface area contributed by atoms with Gasteiger partial charge in [-0.3, -0.25) is 0 Å². The van der Waals surface area contributed by atoms with Crippen molar-refractivity contribution < 1.29 is 17.7 Å². The van der Waals surface area contributed by atoms with E-state index in [4.69, 9.17) is 17.7 Å². The second kappa shape index (κ2) is 19.4. The first-order chi connectivity index (χ1) is 36.7. The highest BCUT2D eigenvalue weighted by molar-refractivity contribution is 6.91. The van der Waals surface area contributed by atoms with E-state index in [2.05, 4.69) is 178 Å². The van der Waals surface area contributed by atoms with Crippen LogP contribution in [0.5, 0.6) is 0 Å². The van der Waals surface area contributed by atoms with Crippen LogP contribution in [0.1, 0.15) is 0 Å². The Morgan fingerprint density at radius 2 is 0.676 bits per heavy atom. The molecule has 2 aliphatic rings. The summed E-state index contributed by atoms with van der Waals surface area (Å²) in [6, 6.07) is 83.6. The molecule has 2 aliphatic heterocycles. The predicted molar refractivity (Wildman–Crippen MR) is 303 cm³/mol. The molecule has 14 rings (SSSR count). The molecule has 2 N–H and O–H groups in total. The fraction of sp³-hybridized carbons (Fsp3) is 0. The number of hydrogen-bond donors (Lipinski definition) is 2. The molecule has 74 heavy (non-hydrogen) atoms. The molecule has 0 saturated carbocycles. The molecular weight excluding hydrogens is 910 g/mol. The molecule has 4 aromatic heterocycles. The summed E-state index contributed by atoms with van der Waals surface area (Å²) in [7, 11) is 0. The lowest BCUT2D eigenvalue weighted by Crippen LogP contribution is -2.58. The van der Waals surface area contributed by atoms with Crippen LogP contribution in [0.15, 0.2) is 285 Å². The number of para-hydroxylation sites is 4. The van der Waals surface area contributed by atoms with Crippen molar-refractivity contribution in [2.75, 3.05) is 20.3 Å². The highest BCUT2D eigenvalue weighted by atomic mass is 16.3. The topological polar surface area (TPSA) is 83.1 Å². The van der Waals surface area contributed by atoms with Gasteiger partial charge in [0.15, 0.2) is 0 Å². The summed E-state index contributed by atoms with van der Waals surface area (Å²) in [6.45, 7) is -0.111. The maximum atomic E-state index is 6.35. The van der Waals surface area contributed by atoms with E-state index in [1.165, 1.54) is 10.9 Å². The SMILES string of the molecule is c1ccc(B2c3ccoc3-c3cc4c(cc3N2c2ccccc2)-c2occc2B(c2ccccc2)N4c2ccccc2)cc1.c1ccc(Nc2cc(-c3ccco3)c(Nc3ccccc3)cc2-c2ccco2)cc1. The zero-order valence-corrected chi connectivity index (χ0v) is 40.1. The van der Waals surface area contributed by atoms with Crippen molar-refractivity contribution in [1.29, 1.82) is 0 Å². The minimum Gasteiger partial charge on any atom is -0.465 e. The summed E-state index contributed by atoms with van der Waals surface area (Å²) in [4.78, 5) is 4.89. The van der Waals surface area contributed by atoms with Crippen LogP contribution < -0.4 is 42.1 Å². The van der Waals surface area contributed by atoms with Crippen LogP contribution in [0, 0.1) is 0 Å². The van der Waals surface area contributed by atoms with E-state index in [1.54, 1.807) is 12.5 Å². The van der Waals surface area contributed by atoms with Gasteiger partial charge in [0.05, 0.1) is 36.4 Å². The van der Waals surface area contributed by atoms with E-state index in [1.807, 2.05) is 97.5 Å². The number of hydrogen-bond acceptors (Lipinski definition) is 8.